The van der Waals surface area contributed by atoms with Crippen LogP contribution < -0.4 is 16.5 Å². The molecule has 7 nitrogen and oxygen atoms in total. The minimum Gasteiger partial charge on any atom is -0.300 e. The Bertz CT molecular complexity index is 974. The highest BCUT2D eigenvalue weighted by molar-refractivity contribution is 9.10. The number of alkyl halides is 3. The first-order valence-corrected chi connectivity index (χ1v) is 10.8. The first-order chi connectivity index (χ1) is 14.1. The number of imidazole rings is 1. The van der Waals surface area contributed by atoms with Crippen LogP contribution >= 0.6 is 15.9 Å². The van der Waals surface area contributed by atoms with E-state index in [-0.39, 0.29) is 28.2 Å². The molecule has 0 aromatic carbocycles. The largest absolute Gasteiger partial charge is 0.418 e. The van der Waals surface area contributed by atoms with Gasteiger partial charge in [0.2, 0.25) is 0 Å². The molecule has 0 radical (unpaired) electrons. The number of hydrogen-bond donors (Lipinski definition) is 2. The van der Waals surface area contributed by atoms with E-state index in [0.29, 0.717) is 0 Å². The van der Waals surface area contributed by atoms with Gasteiger partial charge in [0.15, 0.2) is 0 Å². The third kappa shape index (κ3) is 4.18. The smallest absolute Gasteiger partial charge is 0.300 e. The van der Waals surface area contributed by atoms with Crippen LogP contribution in [-0.2, 0) is 6.18 Å². The average Bonchev–Trinajstić information content (AvgIpc) is 3.24. The van der Waals surface area contributed by atoms with Crippen molar-refractivity contribution >= 4 is 21.4 Å². The Morgan fingerprint density at radius 3 is 2.73 bits per heavy atom. The zero-order valence-corrected chi connectivity index (χ0v) is 18.5. The summed E-state index contributed by atoms with van der Waals surface area (Å²) in [6, 6.07) is 1.17. The first kappa shape index (κ1) is 21.8. The molecule has 11 heteroatoms. The first-order valence-electron chi connectivity index (χ1n) is 10.0. The van der Waals surface area contributed by atoms with Crippen LogP contribution in [0.2, 0.25) is 0 Å². The number of hydrogen-bond acceptors (Lipinski definition) is 5. The van der Waals surface area contributed by atoms with Gasteiger partial charge in [0, 0.05) is 35.5 Å². The number of halogens is 4. The molecule has 1 aliphatic carbocycles. The van der Waals surface area contributed by atoms with E-state index in [1.165, 1.54) is 17.0 Å². The van der Waals surface area contributed by atoms with Gasteiger partial charge in [-0.2, -0.15) is 13.2 Å². The lowest BCUT2D eigenvalue weighted by Crippen LogP contribution is -2.48. The van der Waals surface area contributed by atoms with Crippen molar-refractivity contribution in [3.05, 3.63) is 39.0 Å². The molecule has 3 heterocycles. The van der Waals surface area contributed by atoms with E-state index >= 15 is 0 Å². The Morgan fingerprint density at radius 1 is 1.30 bits per heavy atom. The van der Waals surface area contributed by atoms with Crippen LogP contribution in [0.5, 0.6) is 0 Å². The normalized spacial score (nSPS) is 26.2. The van der Waals surface area contributed by atoms with Crippen molar-refractivity contribution in [1.82, 2.24) is 29.6 Å². The summed E-state index contributed by atoms with van der Waals surface area (Å²) in [5, 5.41) is 0. The number of hydrazine groups is 1. The lowest BCUT2D eigenvalue weighted by molar-refractivity contribution is -0.136. The maximum Gasteiger partial charge on any atom is 0.418 e. The van der Waals surface area contributed by atoms with Crippen LogP contribution in [0.15, 0.2) is 27.7 Å². The Morgan fingerprint density at radius 2 is 2.07 bits per heavy atom. The monoisotopic (exact) mass is 490 g/mol. The summed E-state index contributed by atoms with van der Waals surface area (Å²) in [6.45, 7) is 1.59. The molecule has 166 valence electrons. The van der Waals surface area contributed by atoms with Crippen molar-refractivity contribution < 1.29 is 13.2 Å². The summed E-state index contributed by atoms with van der Waals surface area (Å²) in [6.07, 6.45) is 1.91. The molecular weight excluding hydrogens is 465 g/mol. The van der Waals surface area contributed by atoms with Gasteiger partial charge < -0.3 is 4.90 Å². The van der Waals surface area contributed by atoms with Crippen LogP contribution in [-0.4, -0.2) is 58.3 Å². The molecule has 0 bridgehead atoms. The topological polar surface area (TPSA) is 56.9 Å². The number of fused-ring (bicyclic) bond motifs is 1. The van der Waals surface area contributed by atoms with Crippen LogP contribution in [0.25, 0.3) is 5.52 Å². The zero-order valence-electron chi connectivity index (χ0n) is 16.9. The van der Waals surface area contributed by atoms with Gasteiger partial charge in [0.1, 0.15) is 0 Å². The fourth-order valence-corrected chi connectivity index (χ4v) is 5.00. The van der Waals surface area contributed by atoms with Crippen molar-refractivity contribution in [2.24, 2.45) is 0 Å². The second kappa shape index (κ2) is 8.27. The summed E-state index contributed by atoms with van der Waals surface area (Å²) in [7, 11) is 4.11. The highest BCUT2D eigenvalue weighted by Gasteiger charge is 2.35. The molecule has 3 atom stereocenters. The molecule has 0 spiro atoms. The van der Waals surface area contributed by atoms with Gasteiger partial charge in [-0.25, -0.2) is 15.6 Å². The minimum absolute atomic E-state index is 0.103. The molecule has 4 rings (SSSR count). The lowest BCUT2D eigenvalue weighted by atomic mass is 9.90. The molecule has 2 aromatic rings. The summed E-state index contributed by atoms with van der Waals surface area (Å²) >= 11 is 3.10. The van der Waals surface area contributed by atoms with Gasteiger partial charge in [-0.15, -0.1) is 0 Å². The van der Waals surface area contributed by atoms with Crippen LogP contribution in [0.4, 0.5) is 13.2 Å². The summed E-state index contributed by atoms with van der Waals surface area (Å²) in [4.78, 5) is 17.4. The fraction of sp³-hybridized carbons (Fsp3) is 0.632. The predicted molar refractivity (Wildman–Crippen MR) is 111 cm³/mol. The molecule has 2 N–H and O–H groups in total. The molecule has 2 aromatic heterocycles. The maximum atomic E-state index is 13.5. The third-order valence-corrected chi connectivity index (χ3v) is 6.72. The van der Waals surface area contributed by atoms with Gasteiger partial charge in [0.25, 0.3) is 0 Å². The van der Waals surface area contributed by atoms with Gasteiger partial charge in [0.05, 0.1) is 23.9 Å². The molecule has 3 unspecified atom stereocenters. The fourth-order valence-electron chi connectivity index (χ4n) is 4.57. The summed E-state index contributed by atoms with van der Waals surface area (Å²) in [5.41, 5.74) is 5.02. The Balaban J connectivity index is 1.59. The number of nitrogens with one attached hydrogen (secondary N) is 2. The number of rotatable bonds is 4. The van der Waals surface area contributed by atoms with E-state index in [1.54, 1.807) is 0 Å². The highest BCUT2D eigenvalue weighted by Crippen LogP contribution is 2.36. The van der Waals surface area contributed by atoms with Gasteiger partial charge in [-0.3, -0.25) is 13.9 Å². The predicted octanol–water partition coefficient (Wildman–Crippen LogP) is 2.62. The van der Waals surface area contributed by atoms with Gasteiger partial charge in [-0.1, -0.05) is 0 Å². The van der Waals surface area contributed by atoms with E-state index in [0.717, 1.165) is 49.4 Å². The molecule has 30 heavy (non-hydrogen) atoms. The Kier molecular flexibility index (Phi) is 6.01. The van der Waals surface area contributed by atoms with E-state index in [1.807, 2.05) is 7.05 Å². The van der Waals surface area contributed by atoms with Crippen LogP contribution in [0, 0.1) is 0 Å². The van der Waals surface area contributed by atoms with E-state index < -0.39 is 17.4 Å². The number of nitrogens with zero attached hydrogens (tertiary/aromatic N) is 4. The standard InChI is InChI=1S/C19H26BrF3N6O/c1-26(10-17-25-24-11-27(17)2)13-4-3-5-14(7-13)28-9-16-15(19(21,22)23)6-12(20)8-29(16)18(28)30/h6,8-9,13-14,17,24-25H,3-5,7,10-11H2,1-2H3. The second-order valence-electron chi connectivity index (χ2n) is 8.31. The minimum atomic E-state index is -4.53. The molecule has 2 fully saturated rings. The van der Waals surface area contributed by atoms with E-state index in [9.17, 15) is 18.0 Å². The number of likely N-dealkylation sites (N-methyl/N-ethyl adjacent to an activating group) is 2. The van der Waals surface area contributed by atoms with E-state index in [4.69, 9.17) is 0 Å². The number of aromatic nitrogens is 2. The zero-order chi connectivity index (χ0) is 21.6. The van der Waals surface area contributed by atoms with Crippen LogP contribution in [0.3, 0.4) is 0 Å². The second-order valence-corrected chi connectivity index (χ2v) is 9.23. The maximum absolute atomic E-state index is 13.5. The quantitative estimate of drug-likeness (QED) is 0.689. The third-order valence-electron chi connectivity index (χ3n) is 6.29. The highest BCUT2D eigenvalue weighted by atomic mass is 79.9. The van der Waals surface area contributed by atoms with Crippen molar-refractivity contribution in [2.45, 2.75) is 50.1 Å². The molecule has 0 amide bonds. The average molecular weight is 491 g/mol. The molecule has 1 saturated heterocycles. The Labute approximate surface area is 180 Å². The summed E-state index contributed by atoms with van der Waals surface area (Å²) < 4.78 is 43.3. The van der Waals surface area contributed by atoms with Gasteiger partial charge >= 0.3 is 11.9 Å². The molecule has 1 aliphatic heterocycles. The van der Waals surface area contributed by atoms with Crippen molar-refractivity contribution in [1.29, 1.82) is 0 Å². The van der Waals surface area contributed by atoms with Crippen molar-refractivity contribution in [3.8, 4) is 0 Å². The van der Waals surface area contributed by atoms with Crippen molar-refractivity contribution in [2.75, 3.05) is 27.3 Å². The number of pyridine rings is 1. The van der Waals surface area contributed by atoms with E-state index in [2.05, 4.69) is 43.6 Å². The summed E-state index contributed by atoms with van der Waals surface area (Å²) in [5.74, 6) is 0. The molecule has 1 saturated carbocycles. The van der Waals surface area contributed by atoms with Crippen LogP contribution in [0.1, 0.15) is 37.3 Å². The lowest BCUT2D eigenvalue weighted by Gasteiger charge is -2.37. The molecule has 2 aliphatic rings. The van der Waals surface area contributed by atoms with Gasteiger partial charge in [-0.05, 0) is 61.8 Å². The van der Waals surface area contributed by atoms with Crippen molar-refractivity contribution in [3.63, 3.8) is 0 Å². The molecular formula is C19H26BrF3N6O. The SMILES string of the molecule is CN(CC1NNCN1C)C1CCCC(n2cc3c(C(F)(F)F)cc(Br)cn3c2=O)C1. The Hall–Kier alpha value is -1.40.